The molecule has 2 aromatic carbocycles. The van der Waals surface area contributed by atoms with Crippen LogP contribution in [0, 0.1) is 12.8 Å². The smallest absolute Gasteiger partial charge is 0.209 e. The normalized spacial score (nSPS) is 12.4. The largest absolute Gasteiger partial charge is 0.488 e. The number of carbonyl (C=O) groups excluding carboxylic acids is 1. The maximum Gasteiger partial charge on any atom is 0.209 e. The van der Waals surface area contributed by atoms with E-state index in [4.69, 9.17) is 9.99 Å². The predicted octanol–water partition coefficient (Wildman–Crippen LogP) is 5.63. The van der Waals surface area contributed by atoms with Crippen LogP contribution in [0.15, 0.2) is 72.9 Å². The summed E-state index contributed by atoms with van der Waals surface area (Å²) in [6.45, 7) is 6.73. The zero-order valence-electron chi connectivity index (χ0n) is 18.2. The molecule has 0 aliphatic rings. The van der Waals surface area contributed by atoms with E-state index in [-0.39, 0.29) is 24.4 Å². The molecule has 5 heteroatoms. The van der Waals surface area contributed by atoms with Gasteiger partial charge in [-0.3, -0.25) is 10.1 Å². The summed E-state index contributed by atoms with van der Waals surface area (Å²) in [5, 5.41) is 8.75. The average Bonchev–Trinajstić information content (AvgIpc) is 3.22. The van der Waals surface area contributed by atoms with Crippen molar-refractivity contribution in [2.75, 3.05) is 6.61 Å². The Kier molecular flexibility index (Phi) is 7.82. The zero-order chi connectivity index (χ0) is 22.2. The van der Waals surface area contributed by atoms with Gasteiger partial charge in [0.2, 0.25) is 5.78 Å². The minimum Gasteiger partial charge on any atom is -0.488 e. The first-order chi connectivity index (χ1) is 15.0. The van der Waals surface area contributed by atoms with Crippen molar-refractivity contribution in [3.8, 4) is 5.75 Å². The number of rotatable bonds is 10. The number of ether oxygens (including phenoxy) is 1. The lowest BCUT2D eigenvalue weighted by atomic mass is 10.1. The molecule has 0 saturated heterocycles. The molecule has 5 nitrogen and oxygen atoms in total. The molecule has 0 bridgehead atoms. The van der Waals surface area contributed by atoms with Gasteiger partial charge in [-0.25, -0.2) is 4.89 Å². The van der Waals surface area contributed by atoms with Gasteiger partial charge in [0.05, 0.1) is 5.69 Å². The maximum atomic E-state index is 12.8. The summed E-state index contributed by atoms with van der Waals surface area (Å²) >= 11 is 0. The Bertz CT molecular complexity index is 1020. The topological polar surface area (TPSA) is 60.7 Å². The van der Waals surface area contributed by atoms with Gasteiger partial charge >= 0.3 is 0 Å². The van der Waals surface area contributed by atoms with Gasteiger partial charge in [0.25, 0.3) is 0 Å². The molecule has 0 unspecified atom stereocenters. The fourth-order valence-corrected chi connectivity index (χ4v) is 3.24. The van der Waals surface area contributed by atoms with Gasteiger partial charge in [0.15, 0.2) is 0 Å². The van der Waals surface area contributed by atoms with Crippen molar-refractivity contribution in [1.82, 2.24) is 4.57 Å². The molecule has 0 radical (unpaired) electrons. The lowest BCUT2D eigenvalue weighted by Crippen LogP contribution is -2.28. The molecule has 162 valence electrons. The van der Waals surface area contributed by atoms with Crippen LogP contribution in [0.2, 0.25) is 0 Å². The van der Waals surface area contributed by atoms with E-state index >= 15 is 0 Å². The highest BCUT2D eigenvalue weighted by Crippen LogP contribution is 2.19. The van der Waals surface area contributed by atoms with Crippen LogP contribution < -0.4 is 4.74 Å². The standard InChI is InChI=1S/C26H29NO4/c1-19(2)25(18-30-29)31-23-9-4-7-21(17-23)8-5-15-27-16-6-10-24(27)26(28)22-13-11-20(3)12-14-22/h4-14,16-17,19,25,29H,15,18H2,1-3H3/t25-/m1/s1. The van der Waals surface area contributed by atoms with E-state index < -0.39 is 0 Å². The Morgan fingerprint density at radius 3 is 2.58 bits per heavy atom. The third kappa shape index (κ3) is 6.17. The average molecular weight is 420 g/mol. The van der Waals surface area contributed by atoms with E-state index in [0.717, 1.165) is 11.1 Å². The molecular formula is C26H29NO4. The van der Waals surface area contributed by atoms with Crippen LogP contribution in [0.5, 0.6) is 5.75 Å². The van der Waals surface area contributed by atoms with Crippen molar-refractivity contribution in [1.29, 1.82) is 0 Å². The lowest BCUT2D eigenvalue weighted by molar-refractivity contribution is -0.257. The van der Waals surface area contributed by atoms with Gasteiger partial charge in [-0.15, -0.1) is 0 Å². The van der Waals surface area contributed by atoms with Crippen LogP contribution in [0.25, 0.3) is 6.08 Å². The maximum absolute atomic E-state index is 12.8. The van der Waals surface area contributed by atoms with Gasteiger partial charge in [-0.1, -0.05) is 68.0 Å². The molecule has 1 heterocycles. The first-order valence-corrected chi connectivity index (χ1v) is 10.4. The van der Waals surface area contributed by atoms with Crippen molar-refractivity contribution in [2.45, 2.75) is 33.4 Å². The summed E-state index contributed by atoms with van der Waals surface area (Å²) in [6.07, 6.45) is 5.69. The number of ketones is 1. The molecule has 1 N–H and O–H groups in total. The van der Waals surface area contributed by atoms with E-state index in [9.17, 15) is 4.79 Å². The van der Waals surface area contributed by atoms with Crippen molar-refractivity contribution in [2.24, 2.45) is 5.92 Å². The summed E-state index contributed by atoms with van der Waals surface area (Å²) in [5.41, 5.74) is 3.47. The quantitative estimate of drug-likeness (QED) is 0.263. The molecule has 0 aliphatic carbocycles. The zero-order valence-corrected chi connectivity index (χ0v) is 18.2. The minimum absolute atomic E-state index is 0.0135. The molecule has 0 aliphatic heterocycles. The van der Waals surface area contributed by atoms with Crippen molar-refractivity contribution in [3.63, 3.8) is 0 Å². The van der Waals surface area contributed by atoms with Gasteiger partial charge in [0.1, 0.15) is 18.5 Å². The van der Waals surface area contributed by atoms with Crippen molar-refractivity contribution < 1.29 is 19.7 Å². The van der Waals surface area contributed by atoms with E-state index in [1.807, 2.05) is 104 Å². The molecule has 31 heavy (non-hydrogen) atoms. The number of allylic oxidation sites excluding steroid dienone is 1. The Labute approximate surface area is 183 Å². The Morgan fingerprint density at radius 1 is 1.10 bits per heavy atom. The Balaban J connectivity index is 1.67. The molecule has 0 amide bonds. The summed E-state index contributed by atoms with van der Waals surface area (Å²) in [5.74, 6) is 0.929. The number of carbonyl (C=O) groups is 1. The van der Waals surface area contributed by atoms with Crippen LogP contribution in [0.1, 0.15) is 41.0 Å². The molecule has 0 fully saturated rings. The summed E-state index contributed by atoms with van der Waals surface area (Å²) in [4.78, 5) is 17.1. The lowest BCUT2D eigenvalue weighted by Gasteiger charge is -2.21. The van der Waals surface area contributed by atoms with Crippen molar-refractivity contribution in [3.05, 3.63) is 95.3 Å². The highest BCUT2D eigenvalue weighted by Gasteiger charge is 2.16. The SMILES string of the molecule is Cc1ccc(C(=O)c2cccn2CC=Cc2cccc(O[C@H](COO)C(C)C)c2)cc1. The molecule has 1 atom stereocenters. The number of aryl methyl sites for hydroxylation is 1. The van der Waals surface area contributed by atoms with Crippen molar-refractivity contribution >= 4 is 11.9 Å². The van der Waals surface area contributed by atoms with Crippen LogP contribution in [0.4, 0.5) is 0 Å². The monoisotopic (exact) mass is 419 g/mol. The highest BCUT2D eigenvalue weighted by atomic mass is 17.1. The Morgan fingerprint density at radius 2 is 1.87 bits per heavy atom. The van der Waals surface area contributed by atoms with Crippen LogP contribution in [-0.2, 0) is 11.4 Å². The number of hydrogen-bond acceptors (Lipinski definition) is 4. The third-order valence-electron chi connectivity index (χ3n) is 5.12. The molecule has 3 aromatic rings. The number of nitrogens with zero attached hydrogens (tertiary/aromatic N) is 1. The van der Waals surface area contributed by atoms with E-state index in [2.05, 4.69) is 4.89 Å². The second kappa shape index (κ2) is 10.8. The highest BCUT2D eigenvalue weighted by molar-refractivity contribution is 6.08. The summed E-state index contributed by atoms with van der Waals surface area (Å²) < 4.78 is 7.89. The first-order valence-electron chi connectivity index (χ1n) is 10.4. The molecule has 0 saturated carbocycles. The van der Waals surface area contributed by atoms with Crippen LogP contribution in [-0.4, -0.2) is 28.3 Å². The fourth-order valence-electron chi connectivity index (χ4n) is 3.24. The number of benzene rings is 2. The Hall–Kier alpha value is -3.15. The van der Waals surface area contributed by atoms with Gasteiger partial charge in [-0.2, -0.15) is 0 Å². The first kappa shape index (κ1) is 22.5. The van der Waals surface area contributed by atoms with E-state index in [1.165, 1.54) is 0 Å². The second-order valence-corrected chi connectivity index (χ2v) is 7.91. The van der Waals surface area contributed by atoms with E-state index in [1.54, 1.807) is 0 Å². The van der Waals surface area contributed by atoms with Gasteiger partial charge in [-0.05, 0) is 42.7 Å². The molecule has 0 spiro atoms. The fraction of sp³-hybridized carbons (Fsp3) is 0.269. The van der Waals surface area contributed by atoms with E-state index in [0.29, 0.717) is 23.6 Å². The second-order valence-electron chi connectivity index (χ2n) is 7.91. The van der Waals surface area contributed by atoms with Gasteiger partial charge < -0.3 is 9.30 Å². The summed E-state index contributed by atoms with van der Waals surface area (Å²) in [6, 6.07) is 19.1. The minimum atomic E-state index is -0.237. The predicted molar refractivity (Wildman–Crippen MR) is 122 cm³/mol. The van der Waals surface area contributed by atoms with Gasteiger partial charge in [0, 0.05) is 18.3 Å². The summed E-state index contributed by atoms with van der Waals surface area (Å²) in [7, 11) is 0. The third-order valence-corrected chi connectivity index (χ3v) is 5.12. The van der Waals surface area contributed by atoms with Crippen LogP contribution in [0.3, 0.4) is 0 Å². The molecular weight excluding hydrogens is 390 g/mol. The molecule has 3 rings (SSSR count). The number of aromatic nitrogens is 1. The molecule has 1 aromatic heterocycles. The number of hydrogen-bond donors (Lipinski definition) is 1. The van der Waals surface area contributed by atoms with Crippen LogP contribution >= 0.6 is 0 Å².